The molecule has 7 heteroatoms. The van der Waals surface area contributed by atoms with E-state index in [1.165, 1.54) is 15.9 Å². The predicted molar refractivity (Wildman–Crippen MR) is 71.6 cm³/mol. The van der Waals surface area contributed by atoms with E-state index in [2.05, 4.69) is 9.97 Å². The number of rotatable bonds is 3. The van der Waals surface area contributed by atoms with Crippen molar-refractivity contribution in [1.82, 2.24) is 14.5 Å². The van der Waals surface area contributed by atoms with Crippen LogP contribution >= 0.6 is 22.9 Å². The molecule has 2 aromatic heterocycles. The first-order valence-electron chi connectivity index (χ1n) is 5.46. The van der Waals surface area contributed by atoms with Crippen LogP contribution in [0.1, 0.15) is 30.0 Å². The van der Waals surface area contributed by atoms with Crippen LogP contribution in [0.3, 0.4) is 0 Å². The Balaban J connectivity index is 2.68. The van der Waals surface area contributed by atoms with Crippen molar-refractivity contribution in [2.24, 2.45) is 0 Å². The van der Waals surface area contributed by atoms with Crippen LogP contribution in [-0.2, 0) is 0 Å². The van der Waals surface area contributed by atoms with Crippen molar-refractivity contribution < 1.29 is 0 Å². The summed E-state index contributed by atoms with van der Waals surface area (Å²) >= 11 is 7.20. The number of nitrogens with one attached hydrogen (secondary N) is 1. The number of aromatic amines is 1. The maximum Gasteiger partial charge on any atom is 0.330 e. The fourth-order valence-corrected chi connectivity index (χ4v) is 2.74. The normalized spacial score (nSPS) is 12.6. The molecule has 1 atom stereocenters. The Labute approximate surface area is 112 Å². The van der Waals surface area contributed by atoms with Gasteiger partial charge in [-0.1, -0.05) is 18.5 Å². The molecule has 0 saturated heterocycles. The Morgan fingerprint density at radius 2 is 2.28 bits per heavy atom. The molecule has 0 amide bonds. The number of hydrogen-bond acceptors (Lipinski definition) is 4. The lowest BCUT2D eigenvalue weighted by atomic mass is 10.2. The van der Waals surface area contributed by atoms with E-state index in [9.17, 15) is 9.59 Å². The summed E-state index contributed by atoms with van der Waals surface area (Å²) in [6.07, 6.45) is 2.27. The van der Waals surface area contributed by atoms with Gasteiger partial charge in [0.2, 0.25) is 0 Å². The molecule has 5 nitrogen and oxygen atoms in total. The van der Waals surface area contributed by atoms with Gasteiger partial charge < -0.3 is 0 Å². The minimum Gasteiger partial charge on any atom is -0.297 e. The van der Waals surface area contributed by atoms with Gasteiger partial charge in [-0.05, 0) is 13.3 Å². The summed E-state index contributed by atoms with van der Waals surface area (Å²) < 4.78 is 1.18. The molecule has 0 radical (unpaired) electrons. The molecule has 0 aliphatic heterocycles. The molecule has 2 heterocycles. The maximum absolute atomic E-state index is 12.1. The first kappa shape index (κ1) is 13.0. The molecule has 1 N–H and O–H groups in total. The van der Waals surface area contributed by atoms with Gasteiger partial charge in [-0.2, -0.15) is 0 Å². The van der Waals surface area contributed by atoms with Crippen LogP contribution in [0.15, 0.2) is 21.2 Å². The van der Waals surface area contributed by atoms with Gasteiger partial charge in [0.05, 0.1) is 6.04 Å². The first-order chi connectivity index (χ1) is 8.56. The third-order valence-electron chi connectivity index (χ3n) is 2.74. The molecule has 0 aromatic carbocycles. The minimum atomic E-state index is -0.502. The zero-order chi connectivity index (χ0) is 13.3. The van der Waals surface area contributed by atoms with E-state index in [0.717, 1.165) is 5.01 Å². The summed E-state index contributed by atoms with van der Waals surface area (Å²) in [6.45, 7) is 3.49. The molecule has 0 saturated carbocycles. The van der Waals surface area contributed by atoms with Gasteiger partial charge in [-0.3, -0.25) is 14.3 Å². The minimum absolute atomic E-state index is 0.0928. The fraction of sp³-hybridized carbons (Fsp3) is 0.364. The van der Waals surface area contributed by atoms with Gasteiger partial charge in [0.1, 0.15) is 10.2 Å². The SMILES string of the molecule is CCC(c1nccs1)n1c(=O)[nH]c(Cl)c(C)c1=O. The van der Waals surface area contributed by atoms with Gasteiger partial charge in [0.15, 0.2) is 0 Å². The summed E-state index contributed by atoms with van der Waals surface area (Å²) in [5.41, 5.74) is -0.533. The van der Waals surface area contributed by atoms with Crippen molar-refractivity contribution in [3.8, 4) is 0 Å². The molecule has 0 aliphatic carbocycles. The standard InChI is InChI=1S/C11H12ClN3O2S/c1-3-7(9-13-4-5-18-9)15-10(16)6(2)8(12)14-11(15)17/h4-5,7H,3H2,1-2H3,(H,14,17). The van der Waals surface area contributed by atoms with Gasteiger partial charge in [0, 0.05) is 17.1 Å². The summed E-state index contributed by atoms with van der Waals surface area (Å²) in [5.74, 6) is 0. The zero-order valence-corrected chi connectivity index (χ0v) is 11.5. The number of H-pyrrole nitrogens is 1. The lowest BCUT2D eigenvalue weighted by Crippen LogP contribution is -2.39. The second kappa shape index (κ2) is 5.07. The van der Waals surface area contributed by atoms with Gasteiger partial charge in [-0.15, -0.1) is 11.3 Å². The highest BCUT2D eigenvalue weighted by atomic mass is 35.5. The monoisotopic (exact) mass is 285 g/mol. The first-order valence-corrected chi connectivity index (χ1v) is 6.72. The summed E-state index contributed by atoms with van der Waals surface area (Å²) in [6, 6.07) is -0.350. The quantitative estimate of drug-likeness (QED) is 0.877. The van der Waals surface area contributed by atoms with Crippen molar-refractivity contribution in [3.05, 3.63) is 48.1 Å². The predicted octanol–water partition coefficient (Wildman–Crippen LogP) is 1.95. The third-order valence-corrected chi connectivity index (χ3v) is 3.99. The summed E-state index contributed by atoms with van der Waals surface area (Å²) in [7, 11) is 0. The summed E-state index contributed by atoms with van der Waals surface area (Å²) in [4.78, 5) is 30.7. The van der Waals surface area contributed by atoms with Crippen molar-refractivity contribution in [1.29, 1.82) is 0 Å². The number of halogens is 1. The topological polar surface area (TPSA) is 67.8 Å². The Bertz CT molecular complexity index is 660. The summed E-state index contributed by atoms with van der Waals surface area (Å²) in [5, 5.41) is 2.65. The lowest BCUT2D eigenvalue weighted by molar-refractivity contribution is 0.516. The molecule has 2 aromatic rings. The average molecular weight is 286 g/mol. The van der Waals surface area contributed by atoms with Gasteiger partial charge in [-0.25, -0.2) is 9.78 Å². The van der Waals surface area contributed by atoms with Crippen LogP contribution in [0.5, 0.6) is 0 Å². The van der Waals surface area contributed by atoms with Gasteiger partial charge >= 0.3 is 5.69 Å². The smallest absolute Gasteiger partial charge is 0.297 e. The highest BCUT2D eigenvalue weighted by Gasteiger charge is 2.20. The number of nitrogens with zero attached hydrogens (tertiary/aromatic N) is 2. The molecule has 0 fully saturated rings. The molecular weight excluding hydrogens is 274 g/mol. The van der Waals surface area contributed by atoms with E-state index in [1.54, 1.807) is 13.1 Å². The maximum atomic E-state index is 12.1. The highest BCUT2D eigenvalue weighted by molar-refractivity contribution is 7.09. The van der Waals surface area contributed by atoms with Crippen LogP contribution in [0.25, 0.3) is 0 Å². The Morgan fingerprint density at radius 3 is 2.83 bits per heavy atom. The zero-order valence-electron chi connectivity index (χ0n) is 9.94. The lowest BCUT2D eigenvalue weighted by Gasteiger charge is -2.15. The highest BCUT2D eigenvalue weighted by Crippen LogP contribution is 2.21. The molecule has 1 unspecified atom stereocenters. The molecule has 18 heavy (non-hydrogen) atoms. The van der Waals surface area contributed by atoms with Crippen LogP contribution < -0.4 is 11.2 Å². The van der Waals surface area contributed by atoms with Crippen molar-refractivity contribution in [2.45, 2.75) is 26.3 Å². The third kappa shape index (κ3) is 2.13. The molecular formula is C11H12ClN3O2S. The van der Waals surface area contributed by atoms with E-state index in [0.29, 0.717) is 12.0 Å². The number of hydrogen-bond donors (Lipinski definition) is 1. The van der Waals surface area contributed by atoms with E-state index in [4.69, 9.17) is 11.6 Å². The molecule has 0 spiro atoms. The van der Waals surface area contributed by atoms with Crippen molar-refractivity contribution >= 4 is 22.9 Å². The van der Waals surface area contributed by atoms with Crippen LogP contribution in [-0.4, -0.2) is 14.5 Å². The van der Waals surface area contributed by atoms with Crippen LogP contribution in [0.4, 0.5) is 0 Å². The second-order valence-electron chi connectivity index (χ2n) is 3.84. The molecule has 2 rings (SSSR count). The average Bonchev–Trinajstić information content (AvgIpc) is 2.85. The van der Waals surface area contributed by atoms with E-state index < -0.39 is 5.69 Å². The van der Waals surface area contributed by atoms with Crippen LogP contribution in [0.2, 0.25) is 5.15 Å². The largest absolute Gasteiger partial charge is 0.330 e. The Morgan fingerprint density at radius 1 is 1.56 bits per heavy atom. The van der Waals surface area contributed by atoms with Crippen molar-refractivity contribution in [3.63, 3.8) is 0 Å². The number of aromatic nitrogens is 3. The molecule has 96 valence electrons. The molecule has 0 aliphatic rings. The van der Waals surface area contributed by atoms with E-state index in [-0.39, 0.29) is 16.8 Å². The Kier molecular flexibility index (Phi) is 3.68. The van der Waals surface area contributed by atoms with Crippen LogP contribution in [0, 0.1) is 6.92 Å². The second-order valence-corrected chi connectivity index (χ2v) is 5.14. The van der Waals surface area contributed by atoms with E-state index >= 15 is 0 Å². The Hall–Kier alpha value is -1.40. The fourth-order valence-electron chi connectivity index (χ4n) is 1.76. The van der Waals surface area contributed by atoms with Gasteiger partial charge in [0.25, 0.3) is 5.56 Å². The molecule has 0 bridgehead atoms. The van der Waals surface area contributed by atoms with Crippen molar-refractivity contribution in [2.75, 3.05) is 0 Å². The number of thiazole rings is 1. The van der Waals surface area contributed by atoms with E-state index in [1.807, 2.05) is 12.3 Å².